The summed E-state index contributed by atoms with van der Waals surface area (Å²) in [6, 6.07) is 11.3. The maximum atomic E-state index is 11.7. The van der Waals surface area contributed by atoms with Gasteiger partial charge in [0.15, 0.2) is 0 Å². The molecule has 0 heterocycles. The Bertz CT molecular complexity index is 671. The molecule has 2 rings (SSSR count). The van der Waals surface area contributed by atoms with Gasteiger partial charge in [-0.15, -0.1) is 0 Å². The van der Waals surface area contributed by atoms with E-state index in [-0.39, 0.29) is 0 Å². The lowest BCUT2D eigenvalue weighted by Crippen LogP contribution is -2.29. The molecule has 0 spiro atoms. The third-order valence-electron chi connectivity index (χ3n) is 3.15. The molecule has 106 valence electrons. The van der Waals surface area contributed by atoms with Gasteiger partial charge in [0.1, 0.15) is 5.75 Å². The molecule has 2 atom stereocenters. The largest absolute Gasteiger partial charge is 0.497 e. The van der Waals surface area contributed by atoms with Gasteiger partial charge in [-0.25, -0.2) is 4.21 Å². The summed E-state index contributed by atoms with van der Waals surface area (Å²) in [5, 5.41) is 1.99. The molecular formula is C14H15NO4S. The average Bonchev–Trinajstić information content (AvgIpc) is 2.44. The smallest absolute Gasteiger partial charge is 0.261 e. The lowest BCUT2D eigenvalue weighted by molar-refractivity contribution is -0.120. The third kappa shape index (κ3) is 3.15. The molecule has 0 aromatic heterocycles. The Labute approximate surface area is 119 Å². The van der Waals surface area contributed by atoms with Gasteiger partial charge >= 0.3 is 0 Å². The second-order valence-electron chi connectivity index (χ2n) is 4.41. The molecule has 0 saturated heterocycles. The van der Waals surface area contributed by atoms with Crippen LogP contribution in [0.2, 0.25) is 0 Å². The number of hydrogen-bond acceptors (Lipinski definition) is 3. The molecule has 5 nitrogen and oxygen atoms in total. The van der Waals surface area contributed by atoms with Crippen molar-refractivity contribution in [1.82, 2.24) is 4.72 Å². The second-order valence-corrected chi connectivity index (χ2v) is 5.11. The lowest BCUT2D eigenvalue weighted by atomic mass is 9.97. The average molecular weight is 293 g/mol. The van der Waals surface area contributed by atoms with Crippen LogP contribution in [-0.2, 0) is 16.1 Å². The van der Waals surface area contributed by atoms with E-state index in [1.165, 1.54) is 0 Å². The summed E-state index contributed by atoms with van der Waals surface area (Å²) in [4.78, 5) is 11.7. The Hall–Kier alpha value is -1.92. The van der Waals surface area contributed by atoms with Gasteiger partial charge in [0.05, 0.1) is 13.0 Å². The maximum absolute atomic E-state index is 11.7. The van der Waals surface area contributed by atoms with E-state index in [9.17, 15) is 9.00 Å². The van der Waals surface area contributed by atoms with Crippen LogP contribution in [0.1, 0.15) is 18.4 Å². The molecule has 2 aromatic rings. The van der Waals surface area contributed by atoms with Crippen LogP contribution >= 0.6 is 0 Å². The van der Waals surface area contributed by atoms with Gasteiger partial charge in [0.2, 0.25) is 5.91 Å². The SMILES string of the molecule is COc1ccc2cc([C@H](C)C(=O)NS(=O)O)ccc2c1. The molecule has 0 aliphatic carbocycles. The molecule has 1 unspecified atom stereocenters. The fourth-order valence-electron chi connectivity index (χ4n) is 1.96. The van der Waals surface area contributed by atoms with Gasteiger partial charge in [-0.3, -0.25) is 14.1 Å². The number of nitrogens with one attached hydrogen (secondary N) is 1. The van der Waals surface area contributed by atoms with Gasteiger partial charge < -0.3 is 4.74 Å². The van der Waals surface area contributed by atoms with Crippen molar-refractivity contribution in [2.75, 3.05) is 7.11 Å². The van der Waals surface area contributed by atoms with Crippen LogP contribution in [0.5, 0.6) is 5.75 Å². The Morgan fingerprint density at radius 2 is 1.90 bits per heavy atom. The van der Waals surface area contributed by atoms with Crippen LogP contribution in [0.3, 0.4) is 0 Å². The molecule has 0 fully saturated rings. The van der Waals surface area contributed by atoms with E-state index in [0.29, 0.717) is 0 Å². The molecule has 1 amide bonds. The highest BCUT2D eigenvalue weighted by atomic mass is 32.2. The number of ether oxygens (including phenoxy) is 1. The molecule has 6 heteroatoms. The molecule has 0 bridgehead atoms. The number of carbonyl (C=O) groups excluding carboxylic acids is 1. The summed E-state index contributed by atoms with van der Waals surface area (Å²) in [5.41, 5.74) is 0.783. The fraction of sp³-hybridized carbons (Fsp3) is 0.214. The molecule has 2 aromatic carbocycles. The van der Waals surface area contributed by atoms with Crippen LogP contribution in [0.4, 0.5) is 0 Å². The van der Waals surface area contributed by atoms with E-state index >= 15 is 0 Å². The molecule has 20 heavy (non-hydrogen) atoms. The van der Waals surface area contributed by atoms with Crippen molar-refractivity contribution >= 4 is 27.9 Å². The Balaban J connectivity index is 2.31. The number of fused-ring (bicyclic) bond motifs is 1. The molecule has 2 N–H and O–H groups in total. The van der Waals surface area contributed by atoms with E-state index in [1.54, 1.807) is 14.0 Å². The number of carbonyl (C=O) groups is 1. The molecular weight excluding hydrogens is 278 g/mol. The summed E-state index contributed by atoms with van der Waals surface area (Å²) < 4.78 is 26.4. The topological polar surface area (TPSA) is 75.6 Å². The molecule has 0 aliphatic rings. The van der Waals surface area contributed by atoms with Crippen molar-refractivity contribution in [3.63, 3.8) is 0 Å². The highest BCUT2D eigenvalue weighted by molar-refractivity contribution is 7.77. The fourth-order valence-corrected chi connectivity index (χ4v) is 2.31. The zero-order valence-corrected chi connectivity index (χ0v) is 11.9. The Morgan fingerprint density at radius 1 is 1.25 bits per heavy atom. The van der Waals surface area contributed by atoms with Gasteiger partial charge in [0, 0.05) is 0 Å². The van der Waals surface area contributed by atoms with Gasteiger partial charge in [-0.05, 0) is 35.4 Å². The number of rotatable bonds is 4. The highest BCUT2D eigenvalue weighted by Gasteiger charge is 2.16. The van der Waals surface area contributed by atoms with E-state index < -0.39 is 23.1 Å². The maximum Gasteiger partial charge on any atom is 0.261 e. The Kier molecular flexibility index (Phi) is 4.36. The van der Waals surface area contributed by atoms with Gasteiger partial charge in [-0.2, -0.15) is 0 Å². The monoisotopic (exact) mass is 293 g/mol. The van der Waals surface area contributed by atoms with Crippen molar-refractivity contribution in [1.29, 1.82) is 0 Å². The van der Waals surface area contributed by atoms with Crippen molar-refractivity contribution in [2.45, 2.75) is 12.8 Å². The normalized spacial score (nSPS) is 13.8. The van der Waals surface area contributed by atoms with E-state index in [4.69, 9.17) is 9.29 Å². The highest BCUT2D eigenvalue weighted by Crippen LogP contribution is 2.25. The summed E-state index contributed by atoms with van der Waals surface area (Å²) in [7, 11) is 1.61. The number of methoxy groups -OCH3 is 1. The van der Waals surface area contributed by atoms with Crippen molar-refractivity contribution in [3.05, 3.63) is 42.0 Å². The van der Waals surface area contributed by atoms with Crippen LogP contribution in [0, 0.1) is 0 Å². The minimum atomic E-state index is -2.34. The van der Waals surface area contributed by atoms with E-state index in [2.05, 4.69) is 0 Å². The first kappa shape index (κ1) is 14.5. The van der Waals surface area contributed by atoms with Crippen LogP contribution < -0.4 is 9.46 Å². The zero-order chi connectivity index (χ0) is 14.7. The molecule has 0 saturated carbocycles. The second kappa shape index (κ2) is 6.02. The van der Waals surface area contributed by atoms with Crippen molar-refractivity contribution < 1.29 is 18.3 Å². The van der Waals surface area contributed by atoms with E-state index in [0.717, 1.165) is 22.1 Å². The molecule has 0 radical (unpaired) electrons. The van der Waals surface area contributed by atoms with Gasteiger partial charge in [-0.1, -0.05) is 24.3 Å². The minimum Gasteiger partial charge on any atom is -0.497 e. The number of amides is 1. The summed E-state index contributed by atoms with van der Waals surface area (Å²) >= 11 is -2.34. The van der Waals surface area contributed by atoms with Crippen molar-refractivity contribution in [3.8, 4) is 5.75 Å². The van der Waals surface area contributed by atoms with Crippen LogP contribution in [0.25, 0.3) is 10.8 Å². The molecule has 0 aliphatic heterocycles. The predicted molar refractivity (Wildman–Crippen MR) is 77.8 cm³/mol. The first-order valence-corrected chi connectivity index (χ1v) is 7.11. The third-order valence-corrected chi connectivity index (χ3v) is 3.53. The standard InChI is InChI=1S/C14H15NO4S/c1-9(14(16)15-20(17)18)10-3-4-12-8-13(19-2)6-5-11(12)7-10/h3-9H,1-2H3,(H,15,16)(H,17,18)/t9-/m0/s1. The zero-order valence-electron chi connectivity index (χ0n) is 11.1. The number of benzene rings is 2. The van der Waals surface area contributed by atoms with Crippen molar-refractivity contribution in [2.24, 2.45) is 0 Å². The van der Waals surface area contributed by atoms with Gasteiger partial charge in [0.25, 0.3) is 11.3 Å². The number of hydrogen-bond donors (Lipinski definition) is 2. The quantitative estimate of drug-likeness (QED) is 0.847. The minimum absolute atomic E-state index is 0.487. The van der Waals surface area contributed by atoms with Crippen LogP contribution in [0.15, 0.2) is 36.4 Å². The predicted octanol–water partition coefficient (Wildman–Crippen LogP) is 2.20. The van der Waals surface area contributed by atoms with Crippen LogP contribution in [-0.4, -0.2) is 21.8 Å². The first-order chi connectivity index (χ1) is 9.51. The first-order valence-electron chi connectivity index (χ1n) is 6.00. The lowest BCUT2D eigenvalue weighted by Gasteiger charge is -2.11. The summed E-state index contributed by atoms with van der Waals surface area (Å²) in [5.74, 6) is -0.219. The summed E-state index contributed by atoms with van der Waals surface area (Å²) in [6.45, 7) is 1.69. The van der Waals surface area contributed by atoms with E-state index in [1.807, 2.05) is 41.1 Å². The summed E-state index contributed by atoms with van der Waals surface area (Å²) in [6.07, 6.45) is 0. The Morgan fingerprint density at radius 3 is 2.55 bits per heavy atom.